The molecule has 1 N–H and O–H groups in total. The molecule has 0 saturated heterocycles. The molecule has 0 aliphatic rings. The third-order valence-electron chi connectivity index (χ3n) is 2.49. The summed E-state index contributed by atoms with van der Waals surface area (Å²) in [6.45, 7) is 7.12. The summed E-state index contributed by atoms with van der Waals surface area (Å²) >= 11 is 0. The number of carbonyl (C=O) groups excluding carboxylic acids is 1. The Morgan fingerprint density at radius 3 is 2.43 bits per heavy atom. The van der Waals surface area contributed by atoms with Crippen molar-refractivity contribution in [1.29, 1.82) is 0 Å². The first kappa shape index (κ1) is 13.5. The van der Waals surface area contributed by atoms with Gasteiger partial charge in [0.25, 0.3) is 0 Å². The van der Waals surface area contributed by atoms with Crippen LogP contribution in [0.5, 0.6) is 0 Å². The highest BCUT2D eigenvalue weighted by Crippen LogP contribution is 2.10. The van der Waals surface area contributed by atoms with Crippen LogP contribution in [0.1, 0.15) is 59.3 Å². The molecule has 0 rings (SSSR count). The lowest BCUT2D eigenvalue weighted by atomic mass is 10.0. The quantitative estimate of drug-likeness (QED) is 0.598. The summed E-state index contributed by atoms with van der Waals surface area (Å²) < 4.78 is 0. The summed E-state index contributed by atoms with van der Waals surface area (Å²) in [5, 5.41) is 2.93. The Bertz CT molecular complexity index is 145. The second-order valence-electron chi connectivity index (χ2n) is 4.04. The van der Waals surface area contributed by atoms with Crippen molar-refractivity contribution in [2.45, 2.75) is 59.3 Å². The van der Waals surface area contributed by atoms with Crippen LogP contribution < -0.4 is 5.32 Å². The molecule has 84 valence electrons. The van der Waals surface area contributed by atoms with Crippen LogP contribution in [0.3, 0.4) is 0 Å². The van der Waals surface area contributed by atoms with E-state index in [2.05, 4.69) is 19.2 Å². The van der Waals surface area contributed by atoms with Gasteiger partial charge in [-0.1, -0.05) is 46.5 Å². The van der Waals surface area contributed by atoms with Gasteiger partial charge in [-0.05, 0) is 12.8 Å². The first-order valence-electron chi connectivity index (χ1n) is 6.00. The summed E-state index contributed by atoms with van der Waals surface area (Å²) in [7, 11) is 0. The van der Waals surface area contributed by atoms with Crippen LogP contribution in [0.15, 0.2) is 0 Å². The predicted octanol–water partition coefficient (Wildman–Crippen LogP) is 3.12. The minimum Gasteiger partial charge on any atom is -0.356 e. The Balaban J connectivity index is 3.42. The van der Waals surface area contributed by atoms with E-state index in [1.54, 1.807) is 0 Å². The Kier molecular flexibility index (Phi) is 8.70. The Labute approximate surface area is 88.5 Å². The van der Waals surface area contributed by atoms with Gasteiger partial charge in [-0.2, -0.15) is 0 Å². The van der Waals surface area contributed by atoms with Crippen molar-refractivity contribution in [2.75, 3.05) is 6.54 Å². The minimum absolute atomic E-state index is 0.193. The van der Waals surface area contributed by atoms with E-state index >= 15 is 0 Å². The summed E-state index contributed by atoms with van der Waals surface area (Å²) in [4.78, 5) is 11.5. The molecule has 0 aliphatic carbocycles. The third kappa shape index (κ3) is 6.93. The SMILES string of the molecule is CCCCCCC(C)C(=O)NCCC. The largest absolute Gasteiger partial charge is 0.356 e. The topological polar surface area (TPSA) is 29.1 Å². The first-order valence-corrected chi connectivity index (χ1v) is 6.00. The van der Waals surface area contributed by atoms with E-state index in [9.17, 15) is 4.79 Å². The number of amides is 1. The lowest BCUT2D eigenvalue weighted by molar-refractivity contribution is -0.124. The standard InChI is InChI=1S/C12H25NO/c1-4-6-7-8-9-11(3)12(14)13-10-5-2/h11H,4-10H2,1-3H3,(H,13,14). The van der Waals surface area contributed by atoms with Gasteiger partial charge in [0.05, 0.1) is 0 Å². The van der Waals surface area contributed by atoms with Gasteiger partial charge >= 0.3 is 0 Å². The van der Waals surface area contributed by atoms with E-state index in [4.69, 9.17) is 0 Å². The lowest BCUT2D eigenvalue weighted by Gasteiger charge is -2.11. The maximum absolute atomic E-state index is 11.5. The van der Waals surface area contributed by atoms with Crippen molar-refractivity contribution in [3.63, 3.8) is 0 Å². The molecule has 1 amide bonds. The highest BCUT2D eigenvalue weighted by molar-refractivity contribution is 5.78. The van der Waals surface area contributed by atoms with Gasteiger partial charge in [-0.15, -0.1) is 0 Å². The fourth-order valence-corrected chi connectivity index (χ4v) is 1.43. The van der Waals surface area contributed by atoms with Gasteiger partial charge in [-0.3, -0.25) is 4.79 Å². The summed E-state index contributed by atoms with van der Waals surface area (Å²) in [6.07, 6.45) is 7.07. The molecule has 2 nitrogen and oxygen atoms in total. The van der Waals surface area contributed by atoms with Crippen LogP contribution in [-0.4, -0.2) is 12.5 Å². The summed E-state index contributed by atoms with van der Waals surface area (Å²) in [5.41, 5.74) is 0. The monoisotopic (exact) mass is 199 g/mol. The van der Waals surface area contributed by atoms with Crippen LogP contribution in [-0.2, 0) is 4.79 Å². The lowest BCUT2D eigenvalue weighted by Crippen LogP contribution is -2.29. The number of nitrogens with one attached hydrogen (secondary N) is 1. The number of hydrogen-bond donors (Lipinski definition) is 1. The van der Waals surface area contributed by atoms with Crippen molar-refractivity contribution in [3.05, 3.63) is 0 Å². The van der Waals surface area contributed by atoms with Crippen molar-refractivity contribution in [2.24, 2.45) is 5.92 Å². The van der Waals surface area contributed by atoms with Gasteiger partial charge < -0.3 is 5.32 Å². The molecule has 0 aliphatic heterocycles. The van der Waals surface area contributed by atoms with E-state index in [-0.39, 0.29) is 11.8 Å². The van der Waals surface area contributed by atoms with E-state index in [1.807, 2.05) is 6.92 Å². The number of rotatable bonds is 8. The van der Waals surface area contributed by atoms with Crippen molar-refractivity contribution in [3.8, 4) is 0 Å². The number of unbranched alkanes of at least 4 members (excludes halogenated alkanes) is 3. The van der Waals surface area contributed by atoms with Crippen LogP contribution in [0, 0.1) is 5.92 Å². The van der Waals surface area contributed by atoms with Crippen LogP contribution in [0.2, 0.25) is 0 Å². The zero-order valence-corrected chi connectivity index (χ0v) is 9.94. The van der Waals surface area contributed by atoms with Gasteiger partial charge in [0.15, 0.2) is 0 Å². The van der Waals surface area contributed by atoms with Gasteiger partial charge in [-0.25, -0.2) is 0 Å². The maximum Gasteiger partial charge on any atom is 0.222 e. The Morgan fingerprint density at radius 1 is 1.14 bits per heavy atom. The molecule has 0 aromatic rings. The van der Waals surface area contributed by atoms with Crippen molar-refractivity contribution < 1.29 is 4.79 Å². The molecule has 0 radical (unpaired) electrons. The van der Waals surface area contributed by atoms with Gasteiger partial charge in [0, 0.05) is 12.5 Å². The summed E-state index contributed by atoms with van der Waals surface area (Å²) in [6, 6.07) is 0. The van der Waals surface area contributed by atoms with E-state index < -0.39 is 0 Å². The molecule has 2 heteroatoms. The van der Waals surface area contributed by atoms with Crippen LogP contribution >= 0.6 is 0 Å². The highest BCUT2D eigenvalue weighted by atomic mass is 16.1. The van der Waals surface area contributed by atoms with E-state index in [1.165, 1.54) is 25.7 Å². The fraction of sp³-hybridized carbons (Fsp3) is 0.917. The second-order valence-corrected chi connectivity index (χ2v) is 4.04. The van der Waals surface area contributed by atoms with Crippen LogP contribution in [0.25, 0.3) is 0 Å². The highest BCUT2D eigenvalue weighted by Gasteiger charge is 2.10. The molecule has 0 saturated carbocycles. The molecule has 14 heavy (non-hydrogen) atoms. The van der Waals surface area contributed by atoms with Gasteiger partial charge in [0.2, 0.25) is 5.91 Å². The third-order valence-corrected chi connectivity index (χ3v) is 2.49. The first-order chi connectivity index (χ1) is 6.72. The van der Waals surface area contributed by atoms with Crippen molar-refractivity contribution >= 4 is 5.91 Å². The van der Waals surface area contributed by atoms with Crippen molar-refractivity contribution in [1.82, 2.24) is 5.32 Å². The zero-order chi connectivity index (χ0) is 10.8. The van der Waals surface area contributed by atoms with Crippen LogP contribution in [0.4, 0.5) is 0 Å². The van der Waals surface area contributed by atoms with Gasteiger partial charge in [0.1, 0.15) is 0 Å². The average molecular weight is 199 g/mol. The summed E-state index contributed by atoms with van der Waals surface area (Å²) in [5.74, 6) is 0.418. The molecule has 0 aromatic carbocycles. The molecule has 0 heterocycles. The number of hydrogen-bond acceptors (Lipinski definition) is 1. The zero-order valence-electron chi connectivity index (χ0n) is 9.94. The average Bonchev–Trinajstić information content (AvgIpc) is 2.20. The maximum atomic E-state index is 11.5. The second kappa shape index (κ2) is 9.04. The fourth-order valence-electron chi connectivity index (χ4n) is 1.43. The molecule has 0 aromatic heterocycles. The minimum atomic E-state index is 0.193. The molecule has 0 fully saturated rings. The normalized spacial score (nSPS) is 12.5. The van der Waals surface area contributed by atoms with E-state index in [0.29, 0.717) is 0 Å². The molecule has 1 atom stereocenters. The molecular weight excluding hydrogens is 174 g/mol. The Morgan fingerprint density at radius 2 is 1.86 bits per heavy atom. The number of carbonyl (C=O) groups is 1. The molecule has 0 bridgehead atoms. The Hall–Kier alpha value is -0.530. The smallest absolute Gasteiger partial charge is 0.222 e. The molecule has 1 unspecified atom stereocenters. The predicted molar refractivity (Wildman–Crippen MR) is 61.2 cm³/mol. The van der Waals surface area contributed by atoms with E-state index in [0.717, 1.165) is 19.4 Å². The molecule has 0 spiro atoms. The molecular formula is C12H25NO.